The Morgan fingerprint density at radius 1 is 0.979 bits per heavy atom. The van der Waals surface area contributed by atoms with E-state index in [2.05, 4.69) is 26.8 Å². The zero-order valence-corrected chi connectivity index (χ0v) is 28.4. The zero-order chi connectivity index (χ0) is 33.2. The average molecular weight is 645 g/mol. The summed E-state index contributed by atoms with van der Waals surface area (Å²) in [4.78, 5) is 0. The van der Waals surface area contributed by atoms with Crippen molar-refractivity contribution in [3.63, 3.8) is 0 Å². The van der Waals surface area contributed by atoms with Crippen molar-refractivity contribution in [2.45, 2.75) is 116 Å². The third-order valence-corrected chi connectivity index (χ3v) is 10.5. The molecule has 1 fully saturated rings. The highest BCUT2D eigenvalue weighted by atomic mass is 16.5. The monoisotopic (exact) mass is 644 g/mol. The molecule has 4 N–H and O–H groups in total. The molecule has 1 saturated carbocycles. The molecule has 6 rings (SSSR count). The van der Waals surface area contributed by atoms with Crippen molar-refractivity contribution in [3.8, 4) is 39.9 Å². The summed E-state index contributed by atoms with van der Waals surface area (Å²) in [5.74, 6) is 3.08. The van der Waals surface area contributed by atoms with Crippen LogP contribution in [0.4, 0.5) is 0 Å². The van der Waals surface area contributed by atoms with E-state index in [4.69, 9.17) is 14.2 Å². The van der Waals surface area contributed by atoms with Crippen LogP contribution in [0.25, 0.3) is 11.1 Å². The number of phenolic OH excluding ortho intramolecular Hbond substituents is 2. The molecule has 1 heterocycles. The number of hydrogen-bond donors (Lipinski definition) is 4. The fourth-order valence-electron chi connectivity index (χ4n) is 8.15. The lowest BCUT2D eigenvalue weighted by Gasteiger charge is -2.38. The van der Waals surface area contributed by atoms with Gasteiger partial charge in [-0.25, -0.2) is 0 Å². The quantitative estimate of drug-likeness (QED) is 0.156. The maximum absolute atomic E-state index is 11.7. The van der Waals surface area contributed by atoms with E-state index in [1.165, 1.54) is 5.56 Å². The molecule has 0 radical (unpaired) electrons. The predicted octanol–water partition coefficient (Wildman–Crippen LogP) is 8.16. The molecule has 0 saturated heterocycles. The van der Waals surface area contributed by atoms with E-state index in [0.717, 1.165) is 109 Å². The third kappa shape index (κ3) is 6.93. The number of phenols is 2. The Morgan fingerprint density at radius 3 is 2.55 bits per heavy atom. The first-order valence-electron chi connectivity index (χ1n) is 17.7. The summed E-state index contributed by atoms with van der Waals surface area (Å²) >= 11 is 0. The Balaban J connectivity index is 1.38. The molecule has 254 valence electrons. The van der Waals surface area contributed by atoms with Crippen molar-refractivity contribution in [2.24, 2.45) is 11.8 Å². The lowest BCUT2D eigenvalue weighted by Crippen LogP contribution is -2.32. The maximum atomic E-state index is 11.7. The number of methoxy groups -OCH3 is 1. The molecule has 0 spiro atoms. The van der Waals surface area contributed by atoms with Gasteiger partial charge in [-0.2, -0.15) is 0 Å². The number of aromatic hydroxyl groups is 2. The van der Waals surface area contributed by atoms with Crippen LogP contribution in [0.5, 0.6) is 28.7 Å². The van der Waals surface area contributed by atoms with Gasteiger partial charge < -0.3 is 34.6 Å². The van der Waals surface area contributed by atoms with Crippen LogP contribution in [0.15, 0.2) is 36.4 Å². The van der Waals surface area contributed by atoms with Gasteiger partial charge in [0.25, 0.3) is 0 Å². The Morgan fingerprint density at radius 2 is 1.81 bits per heavy atom. The Kier molecular flexibility index (Phi) is 10.2. The van der Waals surface area contributed by atoms with Crippen molar-refractivity contribution in [1.29, 1.82) is 0 Å². The van der Waals surface area contributed by atoms with Crippen molar-refractivity contribution < 1.29 is 34.6 Å². The van der Waals surface area contributed by atoms with E-state index in [1.54, 1.807) is 25.3 Å². The lowest BCUT2D eigenvalue weighted by atomic mass is 9.72. The molecular weight excluding hydrogens is 592 g/mol. The normalized spacial score (nSPS) is 23.4. The van der Waals surface area contributed by atoms with Gasteiger partial charge in [0, 0.05) is 30.2 Å². The van der Waals surface area contributed by atoms with Crippen molar-refractivity contribution in [2.75, 3.05) is 13.7 Å². The summed E-state index contributed by atoms with van der Waals surface area (Å²) in [6, 6.07) is 11.3. The third-order valence-electron chi connectivity index (χ3n) is 10.5. The first kappa shape index (κ1) is 33.5. The maximum Gasteiger partial charge on any atom is 0.161 e. The van der Waals surface area contributed by atoms with Gasteiger partial charge in [-0.05, 0) is 115 Å². The molecule has 3 aromatic rings. The number of rotatable bonds is 11. The summed E-state index contributed by atoms with van der Waals surface area (Å²) in [7, 11) is 1.70. The van der Waals surface area contributed by atoms with Crippen LogP contribution in [-0.2, 0) is 19.3 Å². The number of ether oxygens (including phenoxy) is 3. The average Bonchev–Trinajstić information content (AvgIpc) is 3.05. The fraction of sp³-hybridized carbons (Fsp3) is 0.550. The van der Waals surface area contributed by atoms with Crippen LogP contribution in [0.1, 0.15) is 112 Å². The van der Waals surface area contributed by atoms with Crippen LogP contribution >= 0.6 is 0 Å². The predicted molar refractivity (Wildman–Crippen MR) is 184 cm³/mol. The molecule has 7 nitrogen and oxygen atoms in total. The van der Waals surface area contributed by atoms with Crippen LogP contribution in [0, 0.1) is 11.8 Å². The van der Waals surface area contributed by atoms with Crippen molar-refractivity contribution >= 4 is 0 Å². The molecule has 5 atom stereocenters. The van der Waals surface area contributed by atoms with Gasteiger partial charge in [-0.3, -0.25) is 0 Å². The Bertz CT molecular complexity index is 1560. The Labute approximate surface area is 279 Å². The van der Waals surface area contributed by atoms with E-state index in [-0.39, 0.29) is 30.3 Å². The minimum Gasteiger partial charge on any atom is -0.508 e. The van der Waals surface area contributed by atoms with E-state index in [9.17, 15) is 20.4 Å². The van der Waals surface area contributed by atoms with Gasteiger partial charge in [-0.15, -0.1) is 0 Å². The number of aliphatic hydroxyl groups excluding tert-OH is 2. The zero-order valence-electron chi connectivity index (χ0n) is 28.4. The van der Waals surface area contributed by atoms with E-state index >= 15 is 0 Å². The number of unbranched alkanes of at least 4 members (excludes halogenated alkanes) is 2. The van der Waals surface area contributed by atoms with Gasteiger partial charge in [-0.1, -0.05) is 46.1 Å². The van der Waals surface area contributed by atoms with Crippen LogP contribution < -0.4 is 14.2 Å². The number of fused-ring (bicyclic) bond motifs is 5. The second kappa shape index (κ2) is 14.4. The molecule has 7 heteroatoms. The van der Waals surface area contributed by atoms with Gasteiger partial charge in [0.15, 0.2) is 11.5 Å². The van der Waals surface area contributed by atoms with Gasteiger partial charge in [0.1, 0.15) is 23.4 Å². The number of benzene rings is 3. The summed E-state index contributed by atoms with van der Waals surface area (Å²) in [6.07, 6.45) is 8.49. The second-order valence-electron chi connectivity index (χ2n) is 14.5. The second-order valence-corrected chi connectivity index (χ2v) is 14.5. The minimum absolute atomic E-state index is 0.0535. The van der Waals surface area contributed by atoms with Crippen LogP contribution in [0.2, 0.25) is 0 Å². The summed E-state index contributed by atoms with van der Waals surface area (Å²) < 4.78 is 19.0. The topological polar surface area (TPSA) is 109 Å². The van der Waals surface area contributed by atoms with E-state index < -0.39 is 12.2 Å². The molecule has 1 aliphatic heterocycles. The molecule has 2 aliphatic carbocycles. The first-order chi connectivity index (χ1) is 22.7. The van der Waals surface area contributed by atoms with Crippen molar-refractivity contribution in [3.05, 3.63) is 64.2 Å². The Hall–Kier alpha value is -3.42. The molecule has 0 aromatic heterocycles. The van der Waals surface area contributed by atoms with E-state index in [0.29, 0.717) is 23.8 Å². The standard InChI is InChI=1S/C40H52O7/c1-5-6-7-10-25-16-27-18-33(43)28(14-23(2)3)17-30(27)39-37(45-4)21-35-31(38(25)39)20-34(44)40(47-35)26-12-13-32(42)36(19-26)46-29-11-8-9-24(15-29)22-41/h12-13,17-19,21,23-25,29,34,40-44H,5-11,14-16,20,22H2,1-4H3/t24-,25-,29-,34+,40-/m0/s1. The lowest BCUT2D eigenvalue weighted by molar-refractivity contribution is 0.0198. The first-order valence-corrected chi connectivity index (χ1v) is 17.7. The summed E-state index contributed by atoms with van der Waals surface area (Å²) in [5, 5.41) is 43.0. The van der Waals surface area contributed by atoms with Gasteiger partial charge in [0.2, 0.25) is 0 Å². The van der Waals surface area contributed by atoms with Gasteiger partial charge >= 0.3 is 0 Å². The minimum atomic E-state index is -0.806. The molecule has 0 bridgehead atoms. The fourth-order valence-corrected chi connectivity index (χ4v) is 8.15. The highest BCUT2D eigenvalue weighted by Gasteiger charge is 2.38. The SMILES string of the molecule is CCCCC[C@H]1Cc2cc(O)c(CC(C)C)cc2-c2c(OC)cc3c(c21)C[C@@H](O)[C@H](c1ccc(O)c(O[C@H]2CCC[C@H](CO)C2)c1)O3. The smallest absolute Gasteiger partial charge is 0.161 e. The summed E-state index contributed by atoms with van der Waals surface area (Å²) in [5.41, 5.74) is 7.20. The summed E-state index contributed by atoms with van der Waals surface area (Å²) in [6.45, 7) is 6.69. The molecule has 0 amide bonds. The van der Waals surface area contributed by atoms with Crippen LogP contribution in [0.3, 0.4) is 0 Å². The highest BCUT2D eigenvalue weighted by Crippen LogP contribution is 2.54. The highest BCUT2D eigenvalue weighted by molar-refractivity contribution is 5.83. The molecule has 3 aliphatic rings. The molecule has 47 heavy (non-hydrogen) atoms. The molecular formula is C40H52O7. The number of aliphatic hydroxyl groups is 2. The van der Waals surface area contributed by atoms with Gasteiger partial charge in [0.05, 0.1) is 19.3 Å². The largest absolute Gasteiger partial charge is 0.508 e. The number of hydrogen-bond acceptors (Lipinski definition) is 7. The van der Waals surface area contributed by atoms with Crippen molar-refractivity contribution in [1.82, 2.24) is 0 Å². The van der Waals surface area contributed by atoms with Crippen LogP contribution in [-0.4, -0.2) is 46.4 Å². The molecule has 0 unspecified atom stereocenters. The van der Waals surface area contributed by atoms with E-state index in [1.807, 2.05) is 12.1 Å². The molecule has 3 aromatic carbocycles.